The minimum absolute atomic E-state index is 0.104. The van der Waals surface area contributed by atoms with Crippen LogP contribution in [0.2, 0.25) is 0 Å². The standard InChI is InChI=1S/C16H17F4NO2/c1-15(2,3)23-14(22)21-10-5-4-7-11-8-6-9-12(17)13(11)16(18,19)20/h6,8-9H,5,10H2,1-3H3,(H,21,22). The smallest absolute Gasteiger partial charge is 0.420 e. The van der Waals surface area contributed by atoms with Gasteiger partial charge in [-0.2, -0.15) is 13.2 Å². The Morgan fingerprint density at radius 2 is 1.91 bits per heavy atom. The van der Waals surface area contributed by atoms with Crippen molar-refractivity contribution in [3.8, 4) is 11.8 Å². The minimum Gasteiger partial charge on any atom is -0.444 e. The van der Waals surface area contributed by atoms with Crippen LogP contribution in [-0.4, -0.2) is 18.2 Å². The van der Waals surface area contributed by atoms with Crippen molar-refractivity contribution in [3.05, 3.63) is 35.1 Å². The second kappa shape index (κ2) is 7.36. The first-order valence-corrected chi connectivity index (χ1v) is 6.82. The molecule has 0 saturated heterocycles. The second-order valence-corrected chi connectivity index (χ2v) is 5.64. The predicted molar refractivity (Wildman–Crippen MR) is 77.1 cm³/mol. The summed E-state index contributed by atoms with van der Waals surface area (Å²) in [6, 6.07) is 2.99. The molecule has 0 heterocycles. The number of benzene rings is 1. The van der Waals surface area contributed by atoms with Crippen LogP contribution in [0.1, 0.15) is 38.3 Å². The summed E-state index contributed by atoms with van der Waals surface area (Å²) in [5.74, 6) is 3.39. The molecule has 23 heavy (non-hydrogen) atoms. The maximum Gasteiger partial charge on any atom is 0.420 e. The SMILES string of the molecule is CC(C)(C)OC(=O)NCCC#Cc1cccc(F)c1C(F)(F)F. The Hall–Kier alpha value is -2.23. The lowest BCUT2D eigenvalue weighted by atomic mass is 10.1. The molecule has 0 fully saturated rings. The summed E-state index contributed by atoms with van der Waals surface area (Å²) in [5.41, 5.74) is -2.46. The van der Waals surface area contributed by atoms with Gasteiger partial charge in [0, 0.05) is 18.5 Å². The number of carbonyl (C=O) groups excluding carboxylic acids is 1. The van der Waals surface area contributed by atoms with Crippen LogP contribution in [0.5, 0.6) is 0 Å². The number of amides is 1. The number of alkyl halides is 3. The molecule has 0 aliphatic rings. The second-order valence-electron chi connectivity index (χ2n) is 5.64. The van der Waals surface area contributed by atoms with Crippen LogP contribution in [0.3, 0.4) is 0 Å². The third kappa shape index (κ3) is 6.59. The molecular formula is C16H17F4NO2. The first-order chi connectivity index (χ1) is 10.5. The van der Waals surface area contributed by atoms with Gasteiger partial charge in [0.15, 0.2) is 0 Å². The molecule has 0 aliphatic carbocycles. The van der Waals surface area contributed by atoms with Gasteiger partial charge in [-0.3, -0.25) is 0 Å². The lowest BCUT2D eigenvalue weighted by Crippen LogP contribution is -2.32. The van der Waals surface area contributed by atoms with E-state index in [0.29, 0.717) is 0 Å². The van der Waals surface area contributed by atoms with Gasteiger partial charge < -0.3 is 10.1 Å². The molecule has 0 atom stereocenters. The normalized spacial score (nSPS) is 11.4. The zero-order chi connectivity index (χ0) is 17.7. The van der Waals surface area contributed by atoms with Crippen molar-refractivity contribution in [2.24, 2.45) is 0 Å². The van der Waals surface area contributed by atoms with Crippen molar-refractivity contribution in [1.29, 1.82) is 0 Å². The van der Waals surface area contributed by atoms with Gasteiger partial charge in [-0.1, -0.05) is 17.9 Å². The summed E-state index contributed by atoms with van der Waals surface area (Å²) in [7, 11) is 0. The number of hydrogen-bond donors (Lipinski definition) is 1. The fourth-order valence-electron chi connectivity index (χ4n) is 1.62. The number of carbonyl (C=O) groups is 1. The van der Waals surface area contributed by atoms with Crippen LogP contribution in [0, 0.1) is 17.7 Å². The highest BCUT2D eigenvalue weighted by Crippen LogP contribution is 2.33. The summed E-state index contributed by atoms with van der Waals surface area (Å²) < 4.78 is 56.6. The van der Waals surface area contributed by atoms with Crippen molar-refractivity contribution >= 4 is 6.09 Å². The molecule has 1 amide bonds. The summed E-state index contributed by atoms with van der Waals surface area (Å²) in [4.78, 5) is 11.3. The van der Waals surface area contributed by atoms with Gasteiger partial charge in [-0.25, -0.2) is 9.18 Å². The molecule has 0 aromatic heterocycles. The predicted octanol–water partition coefficient (Wildman–Crippen LogP) is 4.11. The molecule has 7 heteroatoms. The van der Waals surface area contributed by atoms with E-state index in [1.54, 1.807) is 20.8 Å². The van der Waals surface area contributed by atoms with Crippen LogP contribution in [-0.2, 0) is 10.9 Å². The molecular weight excluding hydrogens is 314 g/mol. The Labute approximate surface area is 132 Å². The third-order valence-corrected chi connectivity index (χ3v) is 2.44. The number of alkyl carbamates (subject to hydrolysis) is 1. The summed E-state index contributed by atoms with van der Waals surface area (Å²) in [6.07, 6.45) is -5.35. The largest absolute Gasteiger partial charge is 0.444 e. The fourth-order valence-corrected chi connectivity index (χ4v) is 1.62. The van der Waals surface area contributed by atoms with Gasteiger partial charge in [0.1, 0.15) is 17.0 Å². The van der Waals surface area contributed by atoms with Crippen molar-refractivity contribution < 1.29 is 27.1 Å². The highest BCUT2D eigenvalue weighted by atomic mass is 19.4. The highest BCUT2D eigenvalue weighted by molar-refractivity contribution is 5.67. The van der Waals surface area contributed by atoms with Crippen molar-refractivity contribution in [3.63, 3.8) is 0 Å². The van der Waals surface area contributed by atoms with E-state index in [1.165, 1.54) is 0 Å². The van der Waals surface area contributed by atoms with E-state index in [0.717, 1.165) is 18.2 Å². The van der Waals surface area contributed by atoms with Crippen LogP contribution in [0.15, 0.2) is 18.2 Å². The molecule has 3 nitrogen and oxygen atoms in total. The van der Waals surface area contributed by atoms with Crippen molar-refractivity contribution in [2.45, 2.75) is 39.0 Å². The first-order valence-electron chi connectivity index (χ1n) is 6.82. The third-order valence-electron chi connectivity index (χ3n) is 2.44. The van der Waals surface area contributed by atoms with Gasteiger partial charge in [0.25, 0.3) is 0 Å². The van der Waals surface area contributed by atoms with Gasteiger partial charge >= 0.3 is 12.3 Å². The zero-order valence-electron chi connectivity index (χ0n) is 13.0. The molecule has 1 rings (SSSR count). The number of ether oxygens (including phenoxy) is 1. The van der Waals surface area contributed by atoms with Gasteiger partial charge in [-0.05, 0) is 32.9 Å². The average molecular weight is 331 g/mol. The maximum absolute atomic E-state index is 13.3. The zero-order valence-corrected chi connectivity index (χ0v) is 13.0. The van der Waals surface area contributed by atoms with Gasteiger partial charge in [0.05, 0.1) is 0 Å². The van der Waals surface area contributed by atoms with E-state index in [2.05, 4.69) is 17.2 Å². The van der Waals surface area contributed by atoms with Crippen LogP contribution >= 0.6 is 0 Å². The number of halogens is 4. The molecule has 0 spiro atoms. The Balaban J connectivity index is 2.65. The van der Waals surface area contributed by atoms with Gasteiger partial charge in [-0.15, -0.1) is 0 Å². The monoisotopic (exact) mass is 331 g/mol. The Bertz CT molecular complexity index is 622. The molecule has 0 bridgehead atoms. The molecule has 0 saturated carbocycles. The van der Waals surface area contributed by atoms with Crippen molar-refractivity contribution in [2.75, 3.05) is 6.54 Å². The van der Waals surface area contributed by atoms with E-state index in [4.69, 9.17) is 4.74 Å². The molecule has 126 valence electrons. The molecule has 0 radical (unpaired) electrons. The lowest BCUT2D eigenvalue weighted by molar-refractivity contribution is -0.140. The molecule has 0 unspecified atom stereocenters. The number of hydrogen-bond acceptors (Lipinski definition) is 2. The first kappa shape index (κ1) is 18.8. The molecule has 0 aliphatic heterocycles. The molecule has 1 aromatic carbocycles. The van der Waals surface area contributed by atoms with Crippen LogP contribution in [0.4, 0.5) is 22.4 Å². The Kier molecular flexibility index (Phi) is 6.02. The summed E-state index contributed by atoms with van der Waals surface area (Å²) in [5, 5.41) is 2.42. The van der Waals surface area contributed by atoms with Gasteiger partial charge in [0.2, 0.25) is 0 Å². The van der Waals surface area contributed by atoms with E-state index in [1.807, 2.05) is 0 Å². The number of nitrogens with one attached hydrogen (secondary N) is 1. The molecule has 1 aromatic rings. The highest BCUT2D eigenvalue weighted by Gasteiger charge is 2.36. The number of rotatable bonds is 2. The van der Waals surface area contributed by atoms with Crippen molar-refractivity contribution in [1.82, 2.24) is 5.32 Å². The maximum atomic E-state index is 13.3. The average Bonchev–Trinajstić information content (AvgIpc) is 2.34. The van der Waals surface area contributed by atoms with E-state index >= 15 is 0 Å². The summed E-state index contributed by atoms with van der Waals surface area (Å²) >= 11 is 0. The Morgan fingerprint density at radius 1 is 1.26 bits per heavy atom. The van der Waals surface area contributed by atoms with E-state index in [9.17, 15) is 22.4 Å². The van der Waals surface area contributed by atoms with Crippen LogP contribution < -0.4 is 5.32 Å². The lowest BCUT2D eigenvalue weighted by Gasteiger charge is -2.19. The fraction of sp³-hybridized carbons (Fsp3) is 0.438. The minimum atomic E-state index is -4.82. The quantitative estimate of drug-likeness (QED) is 0.503. The molecule has 1 N–H and O–H groups in total. The van der Waals surface area contributed by atoms with E-state index in [-0.39, 0.29) is 13.0 Å². The summed E-state index contributed by atoms with van der Waals surface area (Å²) in [6.45, 7) is 5.22. The Morgan fingerprint density at radius 3 is 2.48 bits per heavy atom. The van der Waals surface area contributed by atoms with E-state index < -0.39 is 34.8 Å². The topological polar surface area (TPSA) is 38.3 Å². The van der Waals surface area contributed by atoms with Crippen LogP contribution in [0.25, 0.3) is 0 Å².